The average Bonchev–Trinajstić information content (AvgIpc) is 2.82. The Hall–Kier alpha value is -2.98. The second-order valence-electron chi connectivity index (χ2n) is 6.16. The van der Waals surface area contributed by atoms with Crippen molar-refractivity contribution in [1.82, 2.24) is 0 Å². The van der Waals surface area contributed by atoms with E-state index in [0.717, 1.165) is 5.56 Å². The predicted octanol–water partition coefficient (Wildman–Crippen LogP) is 2.18. The minimum Gasteiger partial charge on any atom is -0.309 e. The van der Waals surface area contributed by atoms with E-state index >= 15 is 0 Å². The Kier molecular flexibility index (Phi) is 5.38. The number of amides is 1. The molecule has 1 heterocycles. The second-order valence-corrected chi connectivity index (χ2v) is 8.63. The molecule has 0 unspecified atom stereocenters. The molecule has 0 spiro atoms. The molecule has 2 aromatic carbocycles. The topological polar surface area (TPSA) is 90.6 Å². The lowest BCUT2D eigenvalue weighted by atomic mass is 9.98. The van der Waals surface area contributed by atoms with E-state index in [1.165, 1.54) is 4.90 Å². The molecular weight excluding hydrogens is 362 g/mol. The van der Waals surface area contributed by atoms with Gasteiger partial charge in [0.1, 0.15) is 6.54 Å². The highest BCUT2D eigenvalue weighted by atomic mass is 32.2. The van der Waals surface area contributed by atoms with Gasteiger partial charge in [0, 0.05) is 23.4 Å². The number of nitrogens with zero attached hydrogens (tertiary/aromatic N) is 3. The first-order valence-electron chi connectivity index (χ1n) is 8.60. The summed E-state index contributed by atoms with van der Waals surface area (Å²) in [7, 11) is -3.22. The van der Waals surface area contributed by atoms with Gasteiger partial charge in [0.2, 0.25) is 5.91 Å². The molecule has 0 fully saturated rings. The van der Waals surface area contributed by atoms with Crippen LogP contribution >= 0.6 is 0 Å². The van der Waals surface area contributed by atoms with E-state index in [4.69, 9.17) is 0 Å². The molecule has 138 valence electrons. The van der Waals surface area contributed by atoms with Gasteiger partial charge in [0.25, 0.3) is 0 Å². The molecule has 1 aliphatic rings. The average molecular weight is 381 g/mol. The highest BCUT2D eigenvalue weighted by Crippen LogP contribution is 2.28. The maximum Gasteiger partial charge on any atom is 0.248 e. The molecule has 0 aliphatic carbocycles. The molecule has 0 saturated carbocycles. The van der Waals surface area contributed by atoms with E-state index in [0.29, 0.717) is 22.5 Å². The number of carbonyl (C=O) groups excluding carboxylic acids is 1. The molecule has 2 aromatic rings. The number of benzodiazepines with no additional fused rings is 1. The molecule has 27 heavy (non-hydrogen) atoms. The molecule has 7 heteroatoms. The van der Waals surface area contributed by atoms with Crippen LogP contribution in [-0.2, 0) is 14.6 Å². The lowest BCUT2D eigenvalue weighted by molar-refractivity contribution is -0.117. The first kappa shape index (κ1) is 18.8. The summed E-state index contributed by atoms with van der Waals surface area (Å²) in [5, 5.41) is 9.28. The largest absolute Gasteiger partial charge is 0.309 e. The summed E-state index contributed by atoms with van der Waals surface area (Å²) in [6.45, 7) is 1.57. The molecule has 0 bridgehead atoms. The van der Waals surface area contributed by atoms with Crippen molar-refractivity contribution in [3.63, 3.8) is 0 Å². The van der Waals surface area contributed by atoms with Gasteiger partial charge in [-0.15, -0.1) is 0 Å². The SMILES string of the molecule is CCS(=O)(=O)CCN1C(=O)CN=C(c2ccccc2)c2cc(C#N)ccc21. The second kappa shape index (κ2) is 7.72. The van der Waals surface area contributed by atoms with Crippen LogP contribution in [0.3, 0.4) is 0 Å². The number of fused-ring (bicyclic) bond motifs is 1. The summed E-state index contributed by atoms with van der Waals surface area (Å²) in [4.78, 5) is 18.6. The number of hydrogen-bond donors (Lipinski definition) is 0. The Labute approximate surface area is 158 Å². The summed E-state index contributed by atoms with van der Waals surface area (Å²) in [6, 6.07) is 16.5. The van der Waals surface area contributed by atoms with Crippen molar-refractivity contribution in [2.75, 3.05) is 29.5 Å². The lowest BCUT2D eigenvalue weighted by Crippen LogP contribution is -2.36. The third kappa shape index (κ3) is 4.07. The molecule has 0 radical (unpaired) electrons. The van der Waals surface area contributed by atoms with E-state index in [9.17, 15) is 18.5 Å². The summed E-state index contributed by atoms with van der Waals surface area (Å²) < 4.78 is 23.8. The first-order valence-corrected chi connectivity index (χ1v) is 10.4. The monoisotopic (exact) mass is 381 g/mol. The normalized spacial score (nSPS) is 14.1. The van der Waals surface area contributed by atoms with Crippen molar-refractivity contribution in [1.29, 1.82) is 5.26 Å². The minimum absolute atomic E-state index is 0.0288. The van der Waals surface area contributed by atoms with Crippen LogP contribution in [0.25, 0.3) is 0 Å². The molecule has 0 aromatic heterocycles. The van der Waals surface area contributed by atoms with Crippen molar-refractivity contribution < 1.29 is 13.2 Å². The number of hydrogen-bond acceptors (Lipinski definition) is 5. The first-order chi connectivity index (χ1) is 12.9. The van der Waals surface area contributed by atoms with Crippen molar-refractivity contribution in [3.05, 3.63) is 65.2 Å². The van der Waals surface area contributed by atoms with Crippen molar-refractivity contribution >= 4 is 27.1 Å². The van der Waals surface area contributed by atoms with Gasteiger partial charge < -0.3 is 4.90 Å². The standard InChI is InChI=1S/C20H19N3O3S/c1-2-27(25,26)11-10-23-18-9-8-15(13-21)12-17(18)20(22-14-19(23)24)16-6-4-3-5-7-16/h3-9,12H,2,10-11,14H2,1H3. The van der Waals surface area contributed by atoms with Crippen LogP contribution in [0.15, 0.2) is 53.5 Å². The number of aliphatic imine (C=N–C) groups is 1. The Morgan fingerprint density at radius 2 is 1.93 bits per heavy atom. The van der Waals surface area contributed by atoms with Crippen LogP contribution in [0.1, 0.15) is 23.6 Å². The zero-order valence-electron chi connectivity index (χ0n) is 14.9. The molecule has 1 aliphatic heterocycles. The van der Waals surface area contributed by atoms with Crippen LogP contribution in [0.2, 0.25) is 0 Å². The van der Waals surface area contributed by atoms with Crippen LogP contribution in [-0.4, -0.2) is 44.6 Å². The van der Waals surface area contributed by atoms with Crippen LogP contribution < -0.4 is 4.90 Å². The fourth-order valence-corrected chi connectivity index (χ4v) is 3.69. The van der Waals surface area contributed by atoms with E-state index in [-0.39, 0.29) is 30.5 Å². The third-order valence-corrected chi connectivity index (χ3v) is 6.14. The van der Waals surface area contributed by atoms with Gasteiger partial charge in [-0.3, -0.25) is 9.79 Å². The van der Waals surface area contributed by atoms with Crippen molar-refractivity contribution in [2.24, 2.45) is 4.99 Å². The zero-order valence-corrected chi connectivity index (χ0v) is 15.7. The highest BCUT2D eigenvalue weighted by Gasteiger charge is 2.26. The maximum atomic E-state index is 12.7. The Morgan fingerprint density at radius 3 is 2.59 bits per heavy atom. The highest BCUT2D eigenvalue weighted by molar-refractivity contribution is 7.91. The lowest BCUT2D eigenvalue weighted by Gasteiger charge is -2.23. The molecule has 0 saturated heterocycles. The molecule has 6 nitrogen and oxygen atoms in total. The summed E-state index contributed by atoms with van der Waals surface area (Å²) >= 11 is 0. The number of nitriles is 1. The van der Waals surface area contributed by atoms with Crippen molar-refractivity contribution in [2.45, 2.75) is 6.92 Å². The number of rotatable bonds is 5. The quantitative estimate of drug-likeness (QED) is 0.794. The van der Waals surface area contributed by atoms with Gasteiger partial charge in [-0.05, 0) is 18.2 Å². The Balaban J connectivity index is 2.10. The zero-order chi connectivity index (χ0) is 19.4. The van der Waals surface area contributed by atoms with Crippen molar-refractivity contribution in [3.8, 4) is 6.07 Å². The third-order valence-electron chi connectivity index (χ3n) is 4.46. The van der Waals surface area contributed by atoms with E-state index in [1.54, 1.807) is 25.1 Å². The molecule has 0 N–H and O–H groups in total. The molecule has 0 atom stereocenters. The van der Waals surface area contributed by atoms with Gasteiger partial charge in [0.05, 0.1) is 28.8 Å². The molecule has 1 amide bonds. The summed E-state index contributed by atoms with van der Waals surface area (Å²) in [6.07, 6.45) is 0. The van der Waals surface area contributed by atoms with E-state index < -0.39 is 9.84 Å². The molecular formula is C20H19N3O3S. The van der Waals surface area contributed by atoms with E-state index in [2.05, 4.69) is 11.1 Å². The van der Waals surface area contributed by atoms with Gasteiger partial charge in [-0.1, -0.05) is 37.3 Å². The van der Waals surface area contributed by atoms with E-state index in [1.807, 2.05) is 30.3 Å². The summed E-state index contributed by atoms with van der Waals surface area (Å²) in [5.41, 5.74) is 3.14. The number of benzene rings is 2. The predicted molar refractivity (Wildman–Crippen MR) is 105 cm³/mol. The van der Waals surface area contributed by atoms with Gasteiger partial charge >= 0.3 is 0 Å². The Bertz CT molecular complexity index is 1040. The van der Waals surface area contributed by atoms with Gasteiger partial charge in [0.15, 0.2) is 9.84 Å². The Morgan fingerprint density at radius 1 is 1.19 bits per heavy atom. The van der Waals surface area contributed by atoms with Crippen LogP contribution in [0.4, 0.5) is 5.69 Å². The number of carbonyl (C=O) groups is 1. The van der Waals surface area contributed by atoms with Gasteiger partial charge in [-0.2, -0.15) is 5.26 Å². The fourth-order valence-electron chi connectivity index (χ4n) is 2.94. The number of anilines is 1. The smallest absolute Gasteiger partial charge is 0.248 e. The maximum absolute atomic E-state index is 12.7. The summed E-state index contributed by atoms with van der Waals surface area (Å²) in [5.74, 6) is -0.352. The van der Waals surface area contributed by atoms with Crippen LogP contribution in [0, 0.1) is 11.3 Å². The fraction of sp³-hybridized carbons (Fsp3) is 0.250. The van der Waals surface area contributed by atoms with Gasteiger partial charge in [-0.25, -0.2) is 8.42 Å². The van der Waals surface area contributed by atoms with Crippen LogP contribution in [0.5, 0.6) is 0 Å². The minimum atomic E-state index is -3.22. The number of sulfone groups is 1. The molecule has 3 rings (SSSR count).